The summed E-state index contributed by atoms with van der Waals surface area (Å²) < 4.78 is 38.7. The van der Waals surface area contributed by atoms with Gasteiger partial charge in [0.2, 0.25) is 0 Å². The molecule has 2 rings (SSSR count). The molecule has 2 aromatic heterocycles. The van der Waals surface area contributed by atoms with E-state index in [0.29, 0.717) is 5.56 Å². The number of rotatable bonds is 2. The quantitative estimate of drug-likeness (QED) is 0.909. The van der Waals surface area contributed by atoms with E-state index in [0.717, 1.165) is 28.2 Å². The molecule has 1 N–H and O–H groups in total. The number of aliphatic hydroxyl groups is 1. The molecule has 0 spiro atoms. The van der Waals surface area contributed by atoms with Crippen molar-refractivity contribution in [2.75, 3.05) is 0 Å². The Kier molecular flexibility index (Phi) is 3.64. The molecule has 0 saturated carbocycles. The fraction of sp³-hybridized carbons (Fsp3) is 0.308. The molecule has 2 aromatic rings. The molecule has 0 amide bonds. The van der Waals surface area contributed by atoms with Gasteiger partial charge in [-0.2, -0.15) is 13.2 Å². The monoisotopic (exact) mass is 287 g/mol. The lowest BCUT2D eigenvalue weighted by Gasteiger charge is -2.16. The lowest BCUT2D eigenvalue weighted by molar-refractivity contribution is -0.139. The number of alkyl halides is 3. The van der Waals surface area contributed by atoms with E-state index < -0.39 is 17.8 Å². The van der Waals surface area contributed by atoms with Crippen LogP contribution in [0.5, 0.6) is 0 Å². The number of aliphatic hydroxyl groups excluding tert-OH is 1. The van der Waals surface area contributed by atoms with Gasteiger partial charge in [0.25, 0.3) is 0 Å². The number of aryl methyl sites for hydroxylation is 2. The molecule has 0 aromatic carbocycles. The zero-order valence-electron chi connectivity index (χ0n) is 10.3. The van der Waals surface area contributed by atoms with Gasteiger partial charge in [0.1, 0.15) is 6.10 Å². The average Bonchev–Trinajstić information content (AvgIpc) is 2.66. The van der Waals surface area contributed by atoms with Gasteiger partial charge in [-0.25, -0.2) is 0 Å². The number of pyridine rings is 1. The van der Waals surface area contributed by atoms with E-state index in [4.69, 9.17) is 0 Å². The molecule has 19 heavy (non-hydrogen) atoms. The SMILES string of the molecule is Cc1cc(C(O)c2cnccc2C(F)(F)F)c(C)s1. The van der Waals surface area contributed by atoms with Crippen molar-refractivity contribution in [2.24, 2.45) is 0 Å². The van der Waals surface area contributed by atoms with Crippen LogP contribution in [-0.4, -0.2) is 10.1 Å². The predicted molar refractivity (Wildman–Crippen MR) is 67.1 cm³/mol. The average molecular weight is 287 g/mol. The molecular formula is C13H12F3NOS. The standard InChI is InChI=1S/C13H12F3NOS/c1-7-5-9(8(2)19-7)12(18)10-6-17-4-3-11(10)13(14,15)16/h3-6,12,18H,1-2H3. The first-order chi connectivity index (χ1) is 8.80. The Morgan fingerprint density at radius 1 is 1.26 bits per heavy atom. The summed E-state index contributed by atoms with van der Waals surface area (Å²) in [6.45, 7) is 3.63. The molecule has 6 heteroatoms. The maximum Gasteiger partial charge on any atom is 0.416 e. The Labute approximate surface area is 112 Å². The van der Waals surface area contributed by atoms with Crippen LogP contribution in [0.1, 0.15) is 32.5 Å². The summed E-state index contributed by atoms with van der Waals surface area (Å²) in [5.41, 5.74) is -0.560. The second-order valence-corrected chi connectivity index (χ2v) is 5.69. The highest BCUT2D eigenvalue weighted by Crippen LogP contribution is 2.38. The Balaban J connectivity index is 2.50. The van der Waals surface area contributed by atoms with Crippen LogP contribution in [-0.2, 0) is 6.18 Å². The van der Waals surface area contributed by atoms with Crippen LogP contribution in [0.4, 0.5) is 13.2 Å². The maximum atomic E-state index is 12.9. The topological polar surface area (TPSA) is 33.1 Å². The van der Waals surface area contributed by atoms with Gasteiger partial charge in [0, 0.05) is 27.7 Å². The summed E-state index contributed by atoms with van der Waals surface area (Å²) >= 11 is 1.44. The van der Waals surface area contributed by atoms with Crippen LogP contribution in [0.15, 0.2) is 24.5 Å². The first kappa shape index (κ1) is 14.0. The molecule has 102 valence electrons. The van der Waals surface area contributed by atoms with Crippen molar-refractivity contribution in [1.82, 2.24) is 4.98 Å². The molecule has 1 unspecified atom stereocenters. The summed E-state index contributed by atoms with van der Waals surface area (Å²) in [7, 11) is 0. The number of thiophene rings is 1. The summed E-state index contributed by atoms with van der Waals surface area (Å²) in [6.07, 6.45) is -3.67. The highest BCUT2D eigenvalue weighted by atomic mass is 32.1. The zero-order chi connectivity index (χ0) is 14.2. The van der Waals surface area contributed by atoms with Crippen molar-refractivity contribution in [1.29, 1.82) is 0 Å². The van der Waals surface area contributed by atoms with Gasteiger partial charge < -0.3 is 5.11 Å². The van der Waals surface area contributed by atoms with Crippen molar-refractivity contribution < 1.29 is 18.3 Å². The predicted octanol–water partition coefficient (Wildman–Crippen LogP) is 3.86. The van der Waals surface area contributed by atoms with Crippen LogP contribution in [0, 0.1) is 13.8 Å². The fourth-order valence-corrected chi connectivity index (χ4v) is 2.93. The highest BCUT2D eigenvalue weighted by Gasteiger charge is 2.35. The minimum atomic E-state index is -4.50. The van der Waals surface area contributed by atoms with Crippen molar-refractivity contribution in [3.05, 3.63) is 51.0 Å². The Morgan fingerprint density at radius 2 is 1.95 bits per heavy atom. The van der Waals surface area contributed by atoms with Crippen LogP contribution in [0.2, 0.25) is 0 Å². The van der Waals surface area contributed by atoms with Crippen LogP contribution in [0.3, 0.4) is 0 Å². The summed E-state index contributed by atoms with van der Waals surface area (Å²) in [4.78, 5) is 5.44. The molecule has 0 aliphatic rings. The Hall–Kier alpha value is -1.40. The number of nitrogens with zero attached hydrogens (tertiary/aromatic N) is 1. The van der Waals surface area contributed by atoms with E-state index in [1.807, 2.05) is 6.92 Å². The molecule has 0 aliphatic carbocycles. The summed E-state index contributed by atoms with van der Waals surface area (Å²) in [5.74, 6) is 0. The van der Waals surface area contributed by atoms with Crippen LogP contribution in [0.25, 0.3) is 0 Å². The fourth-order valence-electron chi connectivity index (χ4n) is 1.97. The summed E-state index contributed by atoms with van der Waals surface area (Å²) in [5, 5.41) is 10.2. The van der Waals surface area contributed by atoms with Gasteiger partial charge in [-0.05, 0) is 31.5 Å². The Morgan fingerprint density at radius 3 is 2.47 bits per heavy atom. The highest BCUT2D eigenvalue weighted by molar-refractivity contribution is 7.12. The lowest BCUT2D eigenvalue weighted by atomic mass is 9.99. The maximum absolute atomic E-state index is 12.9. The van der Waals surface area contributed by atoms with Crippen LogP contribution < -0.4 is 0 Å². The molecule has 0 bridgehead atoms. The van der Waals surface area contributed by atoms with E-state index in [9.17, 15) is 18.3 Å². The number of aromatic nitrogens is 1. The van der Waals surface area contributed by atoms with Crippen molar-refractivity contribution in [2.45, 2.75) is 26.1 Å². The molecule has 2 nitrogen and oxygen atoms in total. The third-order valence-corrected chi connectivity index (χ3v) is 3.81. The van der Waals surface area contributed by atoms with Gasteiger partial charge in [-0.15, -0.1) is 11.3 Å². The van der Waals surface area contributed by atoms with Gasteiger partial charge in [0.15, 0.2) is 0 Å². The minimum absolute atomic E-state index is 0.212. The third kappa shape index (κ3) is 2.79. The van der Waals surface area contributed by atoms with Crippen LogP contribution >= 0.6 is 11.3 Å². The molecule has 2 heterocycles. The van der Waals surface area contributed by atoms with Gasteiger partial charge in [-0.1, -0.05) is 0 Å². The summed E-state index contributed by atoms with van der Waals surface area (Å²) in [6, 6.07) is 2.59. The molecule has 0 radical (unpaired) electrons. The molecule has 0 aliphatic heterocycles. The molecular weight excluding hydrogens is 275 g/mol. The van der Waals surface area contributed by atoms with Crippen molar-refractivity contribution in [3.8, 4) is 0 Å². The first-order valence-electron chi connectivity index (χ1n) is 5.57. The van der Waals surface area contributed by atoms with Gasteiger partial charge in [-0.3, -0.25) is 4.98 Å². The van der Waals surface area contributed by atoms with Crippen molar-refractivity contribution in [3.63, 3.8) is 0 Å². The zero-order valence-corrected chi connectivity index (χ0v) is 11.1. The smallest absolute Gasteiger partial charge is 0.384 e. The number of halogens is 3. The largest absolute Gasteiger partial charge is 0.416 e. The number of hydrogen-bond acceptors (Lipinski definition) is 3. The minimum Gasteiger partial charge on any atom is -0.384 e. The van der Waals surface area contributed by atoms with E-state index in [1.54, 1.807) is 13.0 Å². The van der Waals surface area contributed by atoms with E-state index in [2.05, 4.69) is 4.98 Å². The van der Waals surface area contributed by atoms with E-state index >= 15 is 0 Å². The van der Waals surface area contributed by atoms with E-state index in [-0.39, 0.29) is 5.56 Å². The normalized spacial score (nSPS) is 13.6. The third-order valence-electron chi connectivity index (χ3n) is 2.83. The van der Waals surface area contributed by atoms with Crippen molar-refractivity contribution >= 4 is 11.3 Å². The van der Waals surface area contributed by atoms with Gasteiger partial charge >= 0.3 is 6.18 Å². The molecule has 1 atom stereocenters. The van der Waals surface area contributed by atoms with Gasteiger partial charge in [0.05, 0.1) is 5.56 Å². The molecule has 0 fully saturated rings. The van der Waals surface area contributed by atoms with E-state index in [1.165, 1.54) is 11.3 Å². The first-order valence-corrected chi connectivity index (χ1v) is 6.38. The lowest BCUT2D eigenvalue weighted by Crippen LogP contribution is -2.13. The second kappa shape index (κ2) is 4.94. The molecule has 0 saturated heterocycles. The number of hydrogen-bond donors (Lipinski definition) is 1. The Bertz CT molecular complexity index is 592. The second-order valence-electron chi connectivity index (χ2n) is 4.23.